The van der Waals surface area contributed by atoms with E-state index < -0.39 is 0 Å². The first-order chi connectivity index (χ1) is 9.08. The molecule has 1 aliphatic carbocycles. The zero-order chi connectivity index (χ0) is 13.8. The SMILES string of the molecule is NCC(NC(=O)COc1cc(Cl)cc(Cl)c1)C1CC1. The first-order valence-corrected chi connectivity index (χ1v) is 6.92. The Morgan fingerprint density at radius 2 is 2.00 bits per heavy atom. The van der Waals surface area contributed by atoms with E-state index >= 15 is 0 Å². The highest BCUT2D eigenvalue weighted by Crippen LogP contribution is 2.32. The number of amides is 1. The van der Waals surface area contributed by atoms with Gasteiger partial charge in [0.05, 0.1) is 0 Å². The van der Waals surface area contributed by atoms with Crippen LogP contribution in [0.15, 0.2) is 18.2 Å². The van der Waals surface area contributed by atoms with Gasteiger partial charge in [-0.3, -0.25) is 4.79 Å². The Hall–Kier alpha value is -0.970. The van der Waals surface area contributed by atoms with Crippen LogP contribution in [0.3, 0.4) is 0 Å². The van der Waals surface area contributed by atoms with Crippen LogP contribution < -0.4 is 15.8 Å². The molecule has 1 aliphatic rings. The minimum Gasteiger partial charge on any atom is -0.484 e. The van der Waals surface area contributed by atoms with Gasteiger partial charge in [-0.2, -0.15) is 0 Å². The van der Waals surface area contributed by atoms with Gasteiger partial charge < -0.3 is 15.8 Å². The summed E-state index contributed by atoms with van der Waals surface area (Å²) in [4.78, 5) is 11.7. The first kappa shape index (κ1) is 14.4. The minimum absolute atomic E-state index is 0.0547. The standard InChI is InChI=1S/C13H16Cl2N2O2/c14-9-3-10(15)5-11(4-9)19-7-13(18)17-12(6-16)8-1-2-8/h3-5,8,12H,1-2,6-7,16H2,(H,17,18). The molecule has 1 fully saturated rings. The van der Waals surface area contributed by atoms with E-state index in [1.54, 1.807) is 18.2 Å². The molecule has 4 nitrogen and oxygen atoms in total. The van der Waals surface area contributed by atoms with Gasteiger partial charge in [0.1, 0.15) is 5.75 Å². The molecule has 1 unspecified atom stereocenters. The highest BCUT2D eigenvalue weighted by molar-refractivity contribution is 6.34. The van der Waals surface area contributed by atoms with E-state index in [1.807, 2.05) is 0 Å². The summed E-state index contributed by atoms with van der Waals surface area (Å²) in [6.07, 6.45) is 2.26. The quantitative estimate of drug-likeness (QED) is 0.847. The number of carbonyl (C=O) groups is 1. The van der Waals surface area contributed by atoms with Gasteiger partial charge in [0.15, 0.2) is 6.61 Å². The van der Waals surface area contributed by atoms with Crippen LogP contribution in [0.5, 0.6) is 5.75 Å². The number of ether oxygens (including phenoxy) is 1. The Morgan fingerprint density at radius 3 is 2.53 bits per heavy atom. The largest absolute Gasteiger partial charge is 0.484 e. The third-order valence-corrected chi connectivity index (χ3v) is 3.43. The predicted molar refractivity (Wildman–Crippen MR) is 75.7 cm³/mol. The van der Waals surface area contributed by atoms with Gasteiger partial charge >= 0.3 is 0 Å². The van der Waals surface area contributed by atoms with Gasteiger partial charge in [-0.1, -0.05) is 23.2 Å². The molecule has 19 heavy (non-hydrogen) atoms. The smallest absolute Gasteiger partial charge is 0.258 e. The lowest BCUT2D eigenvalue weighted by molar-refractivity contribution is -0.123. The molecule has 1 amide bonds. The number of carbonyl (C=O) groups excluding carboxylic acids is 1. The van der Waals surface area contributed by atoms with Crippen LogP contribution in [0.2, 0.25) is 10.0 Å². The second-order valence-electron chi connectivity index (χ2n) is 4.64. The Labute approximate surface area is 122 Å². The number of halogens is 2. The minimum atomic E-state index is -0.182. The summed E-state index contributed by atoms with van der Waals surface area (Å²) in [5, 5.41) is 3.82. The number of hydrogen-bond donors (Lipinski definition) is 2. The van der Waals surface area contributed by atoms with Crippen molar-refractivity contribution in [3.63, 3.8) is 0 Å². The fourth-order valence-corrected chi connectivity index (χ4v) is 2.38. The molecule has 0 radical (unpaired) electrons. The fourth-order valence-electron chi connectivity index (χ4n) is 1.88. The summed E-state index contributed by atoms with van der Waals surface area (Å²) in [5.41, 5.74) is 5.62. The molecule has 1 aromatic rings. The number of nitrogens with two attached hydrogens (primary N) is 1. The molecular weight excluding hydrogens is 287 g/mol. The molecule has 0 spiro atoms. The molecule has 1 aromatic carbocycles. The van der Waals surface area contributed by atoms with Gasteiger partial charge in [0.2, 0.25) is 0 Å². The van der Waals surface area contributed by atoms with Crippen molar-refractivity contribution < 1.29 is 9.53 Å². The second-order valence-corrected chi connectivity index (χ2v) is 5.51. The normalized spacial score (nSPS) is 15.9. The molecule has 6 heteroatoms. The average molecular weight is 303 g/mol. The van der Waals surface area contributed by atoms with Crippen molar-refractivity contribution in [2.75, 3.05) is 13.2 Å². The van der Waals surface area contributed by atoms with Gasteiger partial charge in [-0.15, -0.1) is 0 Å². The van der Waals surface area contributed by atoms with Crippen molar-refractivity contribution in [1.29, 1.82) is 0 Å². The number of hydrogen-bond acceptors (Lipinski definition) is 3. The molecule has 1 atom stereocenters. The fraction of sp³-hybridized carbons (Fsp3) is 0.462. The van der Waals surface area contributed by atoms with Crippen molar-refractivity contribution in [2.24, 2.45) is 11.7 Å². The maximum Gasteiger partial charge on any atom is 0.258 e. The van der Waals surface area contributed by atoms with Crippen LogP contribution in [0, 0.1) is 5.92 Å². The Kier molecular flexibility index (Phi) is 4.91. The van der Waals surface area contributed by atoms with Crippen molar-refractivity contribution in [1.82, 2.24) is 5.32 Å². The van der Waals surface area contributed by atoms with Gasteiger partial charge in [0, 0.05) is 22.6 Å². The monoisotopic (exact) mass is 302 g/mol. The lowest BCUT2D eigenvalue weighted by atomic mass is 10.2. The summed E-state index contributed by atoms with van der Waals surface area (Å²) >= 11 is 11.7. The number of benzene rings is 1. The first-order valence-electron chi connectivity index (χ1n) is 6.17. The molecule has 0 saturated heterocycles. The van der Waals surface area contributed by atoms with E-state index in [4.69, 9.17) is 33.7 Å². The molecular formula is C13H16Cl2N2O2. The summed E-state index contributed by atoms with van der Waals surface area (Å²) in [6.45, 7) is 0.388. The predicted octanol–water partition coefficient (Wildman–Crippen LogP) is 2.23. The Bertz CT molecular complexity index is 444. The van der Waals surface area contributed by atoms with Gasteiger partial charge in [0.25, 0.3) is 5.91 Å². The van der Waals surface area contributed by atoms with Crippen LogP contribution >= 0.6 is 23.2 Å². The molecule has 3 N–H and O–H groups in total. The Morgan fingerprint density at radius 1 is 1.37 bits per heavy atom. The van der Waals surface area contributed by atoms with Gasteiger partial charge in [-0.05, 0) is 37.0 Å². The molecule has 0 aliphatic heterocycles. The lowest BCUT2D eigenvalue weighted by Gasteiger charge is -2.16. The maximum absolute atomic E-state index is 11.7. The summed E-state index contributed by atoms with van der Waals surface area (Å²) in [5.74, 6) is 0.816. The number of rotatable bonds is 6. The molecule has 104 valence electrons. The topological polar surface area (TPSA) is 64.3 Å². The van der Waals surface area contributed by atoms with E-state index in [2.05, 4.69) is 5.32 Å². The second kappa shape index (κ2) is 6.46. The van der Waals surface area contributed by atoms with Gasteiger partial charge in [-0.25, -0.2) is 0 Å². The van der Waals surface area contributed by atoms with Crippen molar-refractivity contribution in [3.8, 4) is 5.75 Å². The van der Waals surface area contributed by atoms with Crippen LogP contribution in [-0.2, 0) is 4.79 Å². The summed E-state index contributed by atoms with van der Waals surface area (Å²) < 4.78 is 5.35. The molecule has 0 bridgehead atoms. The summed E-state index contributed by atoms with van der Waals surface area (Å²) in [7, 11) is 0. The molecule has 0 aromatic heterocycles. The highest BCUT2D eigenvalue weighted by atomic mass is 35.5. The zero-order valence-corrected chi connectivity index (χ0v) is 11.9. The highest BCUT2D eigenvalue weighted by Gasteiger charge is 2.31. The molecule has 0 heterocycles. The van der Waals surface area contributed by atoms with E-state index in [1.165, 1.54) is 0 Å². The molecule has 2 rings (SSSR count). The Balaban J connectivity index is 1.82. The lowest BCUT2D eigenvalue weighted by Crippen LogP contribution is -2.43. The summed E-state index contributed by atoms with van der Waals surface area (Å²) in [6, 6.07) is 4.89. The third kappa shape index (κ3) is 4.56. The average Bonchev–Trinajstić information content (AvgIpc) is 3.16. The third-order valence-electron chi connectivity index (χ3n) is 3.00. The van der Waals surface area contributed by atoms with E-state index in [0.29, 0.717) is 28.3 Å². The maximum atomic E-state index is 11.7. The number of nitrogens with one attached hydrogen (secondary N) is 1. The van der Waals surface area contributed by atoms with Crippen LogP contribution in [0.4, 0.5) is 0 Å². The van der Waals surface area contributed by atoms with Crippen molar-refractivity contribution in [3.05, 3.63) is 28.2 Å². The zero-order valence-electron chi connectivity index (χ0n) is 10.4. The van der Waals surface area contributed by atoms with E-state index in [-0.39, 0.29) is 18.6 Å². The van der Waals surface area contributed by atoms with Crippen molar-refractivity contribution >= 4 is 29.1 Å². The van der Waals surface area contributed by atoms with E-state index in [0.717, 1.165) is 12.8 Å². The van der Waals surface area contributed by atoms with Crippen LogP contribution in [0.1, 0.15) is 12.8 Å². The molecule has 1 saturated carbocycles. The van der Waals surface area contributed by atoms with Crippen LogP contribution in [0.25, 0.3) is 0 Å². The van der Waals surface area contributed by atoms with Crippen LogP contribution in [-0.4, -0.2) is 25.1 Å². The van der Waals surface area contributed by atoms with E-state index in [9.17, 15) is 4.79 Å². The van der Waals surface area contributed by atoms with Crippen molar-refractivity contribution in [2.45, 2.75) is 18.9 Å².